The smallest absolute Gasteiger partial charge is 0.340 e. The first-order valence-electron chi connectivity index (χ1n) is 13.6. The Bertz CT molecular complexity index is 1610. The lowest BCUT2D eigenvalue weighted by Crippen LogP contribution is -2.53. The molecule has 0 saturated carbocycles. The number of halogens is 8. The van der Waals surface area contributed by atoms with Crippen molar-refractivity contribution in [1.29, 1.82) is 0 Å². The second kappa shape index (κ2) is 11.5. The minimum Gasteiger partial charge on any atom is -0.340 e. The van der Waals surface area contributed by atoms with E-state index in [1.807, 2.05) is 0 Å². The molecular formula is C28H30F8N2O5S2. The lowest BCUT2D eigenvalue weighted by atomic mass is 9.79. The minimum absolute atomic E-state index is 0.0529. The van der Waals surface area contributed by atoms with E-state index in [0.29, 0.717) is 12.1 Å². The van der Waals surface area contributed by atoms with E-state index in [4.69, 9.17) is 0 Å². The number of likely N-dealkylation sites (tertiary alicyclic amines) is 1. The molecule has 250 valence electrons. The van der Waals surface area contributed by atoms with E-state index in [-0.39, 0.29) is 61.6 Å². The first-order chi connectivity index (χ1) is 20.5. The van der Waals surface area contributed by atoms with Crippen LogP contribution in [0, 0.1) is 11.2 Å². The van der Waals surface area contributed by atoms with Crippen LogP contribution in [0.25, 0.3) is 0 Å². The highest BCUT2D eigenvalue weighted by molar-refractivity contribution is 7.92. The van der Waals surface area contributed by atoms with Gasteiger partial charge in [0, 0.05) is 25.2 Å². The fraction of sp³-hybridized carbons (Fsp3) is 0.536. The number of nitrogens with zero attached hydrogens (tertiary/aromatic N) is 2. The van der Waals surface area contributed by atoms with Crippen molar-refractivity contribution in [3.63, 3.8) is 0 Å². The molecule has 0 spiro atoms. The number of sulfone groups is 2. The van der Waals surface area contributed by atoms with Crippen LogP contribution in [0.15, 0.2) is 53.4 Å². The summed E-state index contributed by atoms with van der Waals surface area (Å²) in [5.41, 5.74) is -9.11. The molecule has 17 heteroatoms. The summed E-state index contributed by atoms with van der Waals surface area (Å²) < 4.78 is 159. The molecule has 0 aliphatic carbocycles. The normalized spacial score (nSPS) is 22.5. The van der Waals surface area contributed by atoms with Crippen LogP contribution in [0.1, 0.15) is 30.4 Å². The monoisotopic (exact) mass is 690 g/mol. The molecule has 1 unspecified atom stereocenters. The van der Waals surface area contributed by atoms with E-state index < -0.39 is 76.6 Å². The van der Waals surface area contributed by atoms with Crippen molar-refractivity contribution >= 4 is 25.6 Å². The fourth-order valence-electron chi connectivity index (χ4n) is 6.21. The van der Waals surface area contributed by atoms with Gasteiger partial charge in [-0.3, -0.25) is 4.79 Å². The van der Waals surface area contributed by atoms with Crippen LogP contribution in [0.3, 0.4) is 0 Å². The average molecular weight is 691 g/mol. The molecule has 1 atom stereocenters. The van der Waals surface area contributed by atoms with Crippen molar-refractivity contribution in [2.75, 3.05) is 45.2 Å². The van der Waals surface area contributed by atoms with Gasteiger partial charge in [-0.05, 0) is 63.2 Å². The van der Waals surface area contributed by atoms with Crippen LogP contribution < -0.4 is 0 Å². The van der Waals surface area contributed by atoms with Gasteiger partial charge in [-0.15, -0.1) is 0 Å². The summed E-state index contributed by atoms with van der Waals surface area (Å²) >= 11 is 0. The molecule has 2 aliphatic rings. The van der Waals surface area contributed by atoms with Gasteiger partial charge >= 0.3 is 18.0 Å². The molecule has 45 heavy (non-hydrogen) atoms. The first kappa shape index (κ1) is 35.1. The highest BCUT2D eigenvalue weighted by Crippen LogP contribution is 2.54. The van der Waals surface area contributed by atoms with Gasteiger partial charge in [0.05, 0.1) is 21.8 Å². The Morgan fingerprint density at radius 1 is 0.867 bits per heavy atom. The van der Waals surface area contributed by atoms with Gasteiger partial charge in [-0.2, -0.15) is 26.3 Å². The van der Waals surface area contributed by atoms with Crippen molar-refractivity contribution in [2.45, 2.75) is 46.9 Å². The Hall–Kier alpha value is -2.79. The molecule has 0 N–H and O–H groups in total. The van der Waals surface area contributed by atoms with Crippen LogP contribution in [0.5, 0.6) is 0 Å². The molecule has 0 bridgehead atoms. The number of alkyl halides is 7. The summed E-state index contributed by atoms with van der Waals surface area (Å²) in [5, 5.41) is 0. The van der Waals surface area contributed by atoms with Crippen molar-refractivity contribution in [3.05, 3.63) is 65.5 Å². The molecular weight excluding hydrogens is 660 g/mol. The van der Waals surface area contributed by atoms with Gasteiger partial charge in [0.25, 0.3) is 0 Å². The molecule has 2 aliphatic heterocycles. The largest absolute Gasteiger partial charge is 0.435 e. The zero-order valence-corrected chi connectivity index (χ0v) is 25.7. The second-order valence-corrected chi connectivity index (χ2v) is 16.4. The van der Waals surface area contributed by atoms with Crippen molar-refractivity contribution in [2.24, 2.45) is 5.41 Å². The van der Waals surface area contributed by atoms with E-state index in [1.54, 1.807) is 19.0 Å². The molecule has 2 saturated heterocycles. The number of hydrogen-bond donors (Lipinski definition) is 0. The summed E-state index contributed by atoms with van der Waals surface area (Å²) in [5.74, 6) is -1.92. The average Bonchev–Trinajstić information content (AvgIpc) is 3.40. The summed E-state index contributed by atoms with van der Waals surface area (Å²) in [6.45, 7) is -0.703. The predicted molar refractivity (Wildman–Crippen MR) is 147 cm³/mol. The van der Waals surface area contributed by atoms with Crippen molar-refractivity contribution in [3.8, 4) is 0 Å². The predicted octanol–water partition coefficient (Wildman–Crippen LogP) is 4.77. The second-order valence-electron chi connectivity index (χ2n) is 11.8. The standard InChI is InChI=1S/C28H30F8N2O5S2/c1-37(2)17-24(12-15-44(40,41)16-13-24)23(39)38-14-11-25(18-38,45(42,43)22-9-7-21(29)8-10-22)19-3-5-20(6-4-19)26(30,27(31,32)33)28(34,35)36/h3-10H,11-18H2,1-2H3. The third kappa shape index (κ3) is 6.06. The van der Waals surface area contributed by atoms with Gasteiger partial charge in [-0.25, -0.2) is 25.6 Å². The summed E-state index contributed by atoms with van der Waals surface area (Å²) in [6.07, 6.45) is -13.3. The number of benzene rings is 2. The molecule has 2 aromatic carbocycles. The van der Waals surface area contributed by atoms with Crippen LogP contribution in [-0.4, -0.2) is 90.1 Å². The third-order valence-electron chi connectivity index (χ3n) is 8.60. The van der Waals surface area contributed by atoms with Gasteiger partial charge in [0.15, 0.2) is 9.84 Å². The molecule has 0 radical (unpaired) electrons. The topological polar surface area (TPSA) is 91.8 Å². The maximum absolute atomic E-state index is 14.8. The number of carbonyl (C=O) groups excluding carboxylic acids is 1. The molecule has 2 fully saturated rings. The number of hydrogen-bond acceptors (Lipinski definition) is 6. The Labute approximate surface area is 255 Å². The number of rotatable bonds is 7. The van der Waals surface area contributed by atoms with Crippen LogP contribution in [0.4, 0.5) is 35.1 Å². The SMILES string of the molecule is CN(C)CC1(C(=O)N2CCC(c3ccc(C(F)(C(F)(F)F)C(F)(F)F)cc3)(S(=O)(=O)c3ccc(F)cc3)C2)CCS(=O)(=O)CC1. The Morgan fingerprint density at radius 3 is 1.84 bits per heavy atom. The Morgan fingerprint density at radius 2 is 1.38 bits per heavy atom. The molecule has 0 aromatic heterocycles. The van der Waals surface area contributed by atoms with Gasteiger partial charge in [0.2, 0.25) is 5.91 Å². The Kier molecular flexibility index (Phi) is 8.94. The number of amides is 1. The quantitative estimate of drug-likeness (QED) is 0.307. The molecule has 2 heterocycles. The zero-order valence-electron chi connectivity index (χ0n) is 24.1. The first-order valence-corrected chi connectivity index (χ1v) is 16.9. The summed E-state index contributed by atoms with van der Waals surface area (Å²) in [7, 11) is -4.73. The molecule has 1 amide bonds. The highest BCUT2D eigenvalue weighted by Gasteiger charge is 2.73. The van der Waals surface area contributed by atoms with Gasteiger partial charge in [-0.1, -0.05) is 24.3 Å². The van der Waals surface area contributed by atoms with E-state index in [0.717, 1.165) is 24.3 Å². The zero-order chi connectivity index (χ0) is 33.9. The minimum atomic E-state index is -6.39. The Balaban J connectivity index is 1.83. The van der Waals surface area contributed by atoms with E-state index in [1.165, 1.54) is 4.90 Å². The maximum Gasteiger partial charge on any atom is 0.435 e. The van der Waals surface area contributed by atoms with Crippen molar-refractivity contribution in [1.82, 2.24) is 9.80 Å². The van der Waals surface area contributed by atoms with E-state index >= 15 is 0 Å². The fourth-order valence-corrected chi connectivity index (χ4v) is 9.89. The lowest BCUT2D eigenvalue weighted by molar-refractivity contribution is -0.348. The number of carbonyl (C=O) groups is 1. The third-order valence-corrected chi connectivity index (χ3v) is 12.7. The van der Waals surface area contributed by atoms with Crippen LogP contribution >= 0.6 is 0 Å². The summed E-state index contributed by atoms with van der Waals surface area (Å²) in [4.78, 5) is 16.5. The van der Waals surface area contributed by atoms with Crippen molar-refractivity contribution < 1.29 is 56.8 Å². The van der Waals surface area contributed by atoms with E-state index in [9.17, 15) is 56.8 Å². The highest BCUT2D eigenvalue weighted by atomic mass is 32.2. The van der Waals surface area contributed by atoms with Crippen LogP contribution in [0.2, 0.25) is 0 Å². The summed E-state index contributed by atoms with van der Waals surface area (Å²) in [6, 6.07) is 5.29. The molecule has 4 rings (SSSR count). The van der Waals surface area contributed by atoms with Gasteiger partial charge in [0.1, 0.15) is 20.4 Å². The molecule has 2 aromatic rings. The maximum atomic E-state index is 14.8. The van der Waals surface area contributed by atoms with Crippen LogP contribution in [-0.2, 0) is 34.9 Å². The molecule has 7 nitrogen and oxygen atoms in total. The lowest BCUT2D eigenvalue weighted by Gasteiger charge is -2.40. The van der Waals surface area contributed by atoms with Gasteiger partial charge < -0.3 is 9.80 Å². The van der Waals surface area contributed by atoms with E-state index in [2.05, 4.69) is 0 Å².